The van der Waals surface area contributed by atoms with Gasteiger partial charge in [0.25, 0.3) is 0 Å². The number of carboxylic acid groups (broad SMARTS) is 1. The Kier molecular flexibility index (Phi) is 5.53. The number of aromatic hydroxyl groups is 1. The zero-order valence-electron chi connectivity index (χ0n) is 15.6. The monoisotopic (exact) mass is 400 g/mol. The minimum absolute atomic E-state index is 0.00210. The number of benzene rings is 1. The van der Waals surface area contributed by atoms with Crippen molar-refractivity contribution in [2.45, 2.75) is 32.2 Å². The molecule has 3 rings (SSSR count). The van der Waals surface area contributed by atoms with E-state index in [0.29, 0.717) is 24.1 Å². The van der Waals surface area contributed by atoms with Gasteiger partial charge in [-0.25, -0.2) is 24.0 Å². The number of phenolic OH excluding ortho intramolecular Hbond substituents is 1. The summed E-state index contributed by atoms with van der Waals surface area (Å²) in [6.45, 7) is 1.21. The number of nitrogens with one attached hydrogen (secondary N) is 2. The van der Waals surface area contributed by atoms with Crippen LogP contribution in [-0.2, 0) is 16.0 Å². The van der Waals surface area contributed by atoms with Crippen LogP contribution in [0.1, 0.15) is 25.3 Å². The van der Waals surface area contributed by atoms with Crippen LogP contribution < -0.4 is 16.7 Å². The number of carboxylic acids is 1. The third-order valence-electron chi connectivity index (χ3n) is 4.47. The largest absolute Gasteiger partial charge is 0.506 e. The van der Waals surface area contributed by atoms with Crippen molar-refractivity contribution in [2.24, 2.45) is 0 Å². The molecule has 1 atom stereocenters. The first-order valence-corrected chi connectivity index (χ1v) is 8.90. The predicted molar refractivity (Wildman–Crippen MR) is 104 cm³/mol. The van der Waals surface area contributed by atoms with Crippen molar-refractivity contribution in [1.29, 1.82) is 0 Å². The van der Waals surface area contributed by atoms with E-state index >= 15 is 0 Å². The molecule has 1 aliphatic carbocycles. The molecule has 2 aromatic rings. The molecule has 0 fully saturated rings. The highest BCUT2D eigenvalue weighted by Gasteiger charge is 2.21. The summed E-state index contributed by atoms with van der Waals surface area (Å²) in [6.07, 6.45) is 6.50. The molecule has 0 unspecified atom stereocenters. The number of phenols is 1. The summed E-state index contributed by atoms with van der Waals surface area (Å²) in [5.41, 5.74) is -0.352. The summed E-state index contributed by atoms with van der Waals surface area (Å²) >= 11 is 0. The number of allylic oxidation sites excluding steroid dienone is 4. The summed E-state index contributed by atoms with van der Waals surface area (Å²) in [6, 6.07) is 2.99. The molecule has 1 aromatic carbocycles. The van der Waals surface area contributed by atoms with Crippen molar-refractivity contribution in [3.63, 3.8) is 0 Å². The van der Waals surface area contributed by atoms with Gasteiger partial charge in [-0.1, -0.05) is 18.2 Å². The standard InChI is InChI=1S/C19H20N4O6/c1-11(24)20-14(17(26)27)9-12-7-8-16(25)15(10-12)23-19(29)22(18(28)21-23)13-5-3-2-4-6-13/h2-3,5,7-8,10,14,25H,4,6,9H2,1H3,(H,20,24)(H,21,28)(H,26,27)/t14-/m0/s1. The quantitative estimate of drug-likeness (QED) is 0.550. The molecule has 0 radical (unpaired) electrons. The zero-order chi connectivity index (χ0) is 21.1. The fourth-order valence-corrected chi connectivity index (χ4v) is 3.13. The maximum atomic E-state index is 12.8. The molecule has 10 nitrogen and oxygen atoms in total. The molecule has 0 bridgehead atoms. The average Bonchev–Trinajstić information content (AvgIpc) is 2.97. The van der Waals surface area contributed by atoms with Crippen molar-refractivity contribution in [3.8, 4) is 11.4 Å². The van der Waals surface area contributed by atoms with E-state index in [0.717, 1.165) is 9.25 Å². The molecule has 0 saturated carbocycles. The second-order valence-electron chi connectivity index (χ2n) is 6.61. The number of H-pyrrole nitrogens is 1. The number of hydrogen-bond acceptors (Lipinski definition) is 5. The van der Waals surface area contributed by atoms with Crippen molar-refractivity contribution < 1.29 is 19.8 Å². The van der Waals surface area contributed by atoms with E-state index in [2.05, 4.69) is 10.4 Å². The Morgan fingerprint density at radius 1 is 1.31 bits per heavy atom. The van der Waals surface area contributed by atoms with Gasteiger partial charge in [-0.15, -0.1) is 0 Å². The first-order valence-electron chi connectivity index (χ1n) is 8.90. The van der Waals surface area contributed by atoms with Crippen LogP contribution in [0.3, 0.4) is 0 Å². The minimum atomic E-state index is -1.22. The molecule has 1 heterocycles. The molecule has 0 aliphatic heterocycles. The fraction of sp³-hybridized carbons (Fsp3) is 0.263. The minimum Gasteiger partial charge on any atom is -0.506 e. The van der Waals surface area contributed by atoms with Crippen molar-refractivity contribution in [3.05, 3.63) is 63.0 Å². The van der Waals surface area contributed by atoms with Crippen LogP contribution in [-0.4, -0.2) is 42.5 Å². The zero-order valence-corrected chi connectivity index (χ0v) is 15.6. The SMILES string of the molecule is CC(=O)N[C@@H](Cc1ccc(O)c(-n2[nH]c(=O)n(C3=CC=CCC3)c2=O)c1)C(=O)O. The van der Waals surface area contributed by atoms with Gasteiger partial charge in [-0.3, -0.25) is 4.79 Å². The second-order valence-corrected chi connectivity index (χ2v) is 6.61. The Bertz CT molecular complexity index is 1130. The highest BCUT2D eigenvalue weighted by molar-refractivity contribution is 5.82. The maximum absolute atomic E-state index is 12.8. The van der Waals surface area contributed by atoms with Gasteiger partial charge >= 0.3 is 17.3 Å². The second kappa shape index (κ2) is 8.05. The van der Waals surface area contributed by atoms with Crippen LogP contribution in [0.2, 0.25) is 0 Å². The number of nitrogens with zero attached hydrogens (tertiary/aromatic N) is 2. The number of rotatable bonds is 6. The molecule has 0 saturated heterocycles. The number of carbonyl (C=O) groups excluding carboxylic acids is 1. The number of hydrogen-bond donors (Lipinski definition) is 4. The summed E-state index contributed by atoms with van der Waals surface area (Å²) in [4.78, 5) is 47.7. The summed E-state index contributed by atoms with van der Waals surface area (Å²) < 4.78 is 1.90. The van der Waals surface area contributed by atoms with E-state index in [1.807, 2.05) is 6.08 Å². The summed E-state index contributed by atoms with van der Waals surface area (Å²) in [5.74, 6) is -1.99. The maximum Gasteiger partial charge on any atom is 0.356 e. The Hall–Kier alpha value is -3.82. The normalized spacial score (nSPS) is 14.3. The molecule has 10 heteroatoms. The molecule has 4 N–H and O–H groups in total. The van der Waals surface area contributed by atoms with Crippen LogP contribution in [0.5, 0.6) is 5.75 Å². The number of aliphatic carboxylic acids is 1. The number of aromatic amines is 1. The highest BCUT2D eigenvalue weighted by atomic mass is 16.4. The predicted octanol–water partition coefficient (Wildman–Crippen LogP) is 0.356. The van der Waals surface area contributed by atoms with Gasteiger partial charge in [0.15, 0.2) is 0 Å². The van der Waals surface area contributed by atoms with Crippen molar-refractivity contribution in [2.75, 3.05) is 0 Å². The van der Waals surface area contributed by atoms with Gasteiger partial charge in [0.05, 0.1) is 0 Å². The molecule has 0 spiro atoms. The van der Waals surface area contributed by atoms with Crippen LogP contribution in [0, 0.1) is 0 Å². The third kappa shape index (κ3) is 4.21. The smallest absolute Gasteiger partial charge is 0.356 e. The Labute approximate surface area is 164 Å². The van der Waals surface area contributed by atoms with Crippen LogP contribution in [0.15, 0.2) is 46.0 Å². The van der Waals surface area contributed by atoms with E-state index in [4.69, 9.17) is 0 Å². The van der Waals surface area contributed by atoms with Crippen molar-refractivity contribution >= 4 is 17.6 Å². The lowest BCUT2D eigenvalue weighted by Crippen LogP contribution is -2.41. The summed E-state index contributed by atoms with van der Waals surface area (Å²) in [7, 11) is 0. The molecule has 1 aliphatic rings. The lowest BCUT2D eigenvalue weighted by molar-refractivity contribution is -0.141. The Morgan fingerprint density at radius 2 is 2.07 bits per heavy atom. The van der Waals surface area contributed by atoms with E-state index < -0.39 is 29.3 Å². The summed E-state index contributed by atoms with van der Waals surface area (Å²) in [5, 5.41) is 24.2. The molecule has 29 heavy (non-hydrogen) atoms. The third-order valence-corrected chi connectivity index (χ3v) is 4.47. The number of amides is 1. The van der Waals surface area contributed by atoms with Crippen LogP contribution in [0.25, 0.3) is 11.4 Å². The van der Waals surface area contributed by atoms with Gasteiger partial charge < -0.3 is 15.5 Å². The molecular weight excluding hydrogens is 380 g/mol. The fourth-order valence-electron chi connectivity index (χ4n) is 3.13. The van der Waals surface area contributed by atoms with Gasteiger partial charge in [-0.2, -0.15) is 4.68 Å². The Balaban J connectivity index is 2.01. The topological polar surface area (TPSA) is 146 Å². The highest BCUT2D eigenvalue weighted by Crippen LogP contribution is 2.22. The van der Waals surface area contributed by atoms with E-state index in [-0.39, 0.29) is 17.9 Å². The van der Waals surface area contributed by atoms with Crippen molar-refractivity contribution in [1.82, 2.24) is 19.7 Å². The molecule has 1 aromatic heterocycles. The van der Waals surface area contributed by atoms with Gasteiger partial charge in [-0.05, 0) is 36.6 Å². The number of carbonyl (C=O) groups is 2. The number of aromatic nitrogens is 3. The first-order chi connectivity index (χ1) is 13.8. The van der Waals surface area contributed by atoms with E-state index in [1.54, 1.807) is 12.2 Å². The van der Waals surface area contributed by atoms with Crippen LogP contribution in [0.4, 0.5) is 0 Å². The first kappa shape index (κ1) is 19.9. The van der Waals surface area contributed by atoms with Crippen LogP contribution >= 0.6 is 0 Å². The lowest BCUT2D eigenvalue weighted by atomic mass is 10.0. The lowest BCUT2D eigenvalue weighted by Gasteiger charge is -2.14. The average molecular weight is 400 g/mol. The molecule has 152 valence electrons. The Morgan fingerprint density at radius 3 is 2.69 bits per heavy atom. The van der Waals surface area contributed by atoms with Gasteiger partial charge in [0.1, 0.15) is 17.5 Å². The van der Waals surface area contributed by atoms with Gasteiger partial charge in [0, 0.05) is 19.0 Å². The van der Waals surface area contributed by atoms with E-state index in [9.17, 15) is 29.4 Å². The molecular formula is C19H20N4O6. The van der Waals surface area contributed by atoms with E-state index in [1.165, 1.54) is 25.1 Å². The molecule has 1 amide bonds. The van der Waals surface area contributed by atoms with Gasteiger partial charge in [0.2, 0.25) is 5.91 Å².